The van der Waals surface area contributed by atoms with Crippen LogP contribution in [-0.2, 0) is 6.54 Å². The molecule has 0 unspecified atom stereocenters. The van der Waals surface area contributed by atoms with Gasteiger partial charge in [0.2, 0.25) is 0 Å². The van der Waals surface area contributed by atoms with Gasteiger partial charge in [0, 0.05) is 17.6 Å². The maximum atomic E-state index is 6.00. The van der Waals surface area contributed by atoms with Crippen LogP contribution >= 0.6 is 15.9 Å². The maximum Gasteiger partial charge on any atom is 0.0231 e. The second kappa shape index (κ2) is 6.18. The van der Waals surface area contributed by atoms with Crippen molar-refractivity contribution >= 4 is 15.9 Å². The first kappa shape index (κ1) is 14.0. The molecule has 2 nitrogen and oxygen atoms in total. The lowest BCUT2D eigenvalue weighted by Crippen LogP contribution is -2.39. The lowest BCUT2D eigenvalue weighted by Gasteiger charge is -2.32. The highest BCUT2D eigenvalue weighted by atomic mass is 79.9. The van der Waals surface area contributed by atoms with Gasteiger partial charge in [0.1, 0.15) is 0 Å². The van der Waals surface area contributed by atoms with Gasteiger partial charge in [-0.2, -0.15) is 0 Å². The van der Waals surface area contributed by atoms with Crippen LogP contribution < -0.4 is 5.73 Å². The molecule has 0 saturated heterocycles. The number of nitrogens with two attached hydrogens (primary N) is 1. The van der Waals surface area contributed by atoms with Crippen molar-refractivity contribution in [1.29, 1.82) is 0 Å². The molecule has 0 bridgehead atoms. The zero-order valence-electron chi connectivity index (χ0n) is 11.2. The van der Waals surface area contributed by atoms with Gasteiger partial charge in [0.25, 0.3) is 0 Å². The van der Waals surface area contributed by atoms with Crippen LogP contribution in [0.15, 0.2) is 28.7 Å². The molecular formula is C15H23BrN2. The largest absolute Gasteiger partial charge is 0.330 e. The van der Waals surface area contributed by atoms with Crippen molar-refractivity contribution in [2.45, 2.75) is 32.2 Å². The Morgan fingerprint density at radius 3 is 2.67 bits per heavy atom. The van der Waals surface area contributed by atoms with Crippen molar-refractivity contribution in [3.63, 3.8) is 0 Å². The number of halogens is 1. The minimum Gasteiger partial charge on any atom is -0.330 e. The molecule has 1 aromatic carbocycles. The first-order valence-electron chi connectivity index (χ1n) is 6.77. The third-order valence-electron chi connectivity index (χ3n) is 4.04. The van der Waals surface area contributed by atoms with Crippen LogP contribution in [-0.4, -0.2) is 25.0 Å². The van der Waals surface area contributed by atoms with Gasteiger partial charge in [-0.3, -0.25) is 0 Å². The van der Waals surface area contributed by atoms with Crippen molar-refractivity contribution in [2.75, 3.05) is 20.1 Å². The fraction of sp³-hybridized carbons (Fsp3) is 0.600. The Morgan fingerprint density at radius 1 is 1.33 bits per heavy atom. The van der Waals surface area contributed by atoms with Crippen LogP contribution in [0.5, 0.6) is 0 Å². The van der Waals surface area contributed by atoms with Crippen LogP contribution in [0.25, 0.3) is 0 Å². The summed E-state index contributed by atoms with van der Waals surface area (Å²) in [5.41, 5.74) is 7.73. The highest BCUT2D eigenvalue weighted by Gasteiger charge is 2.33. The van der Waals surface area contributed by atoms with E-state index in [1.165, 1.54) is 31.2 Å². The topological polar surface area (TPSA) is 29.3 Å². The van der Waals surface area contributed by atoms with Gasteiger partial charge in [0.05, 0.1) is 0 Å². The zero-order chi connectivity index (χ0) is 13.0. The van der Waals surface area contributed by atoms with E-state index in [2.05, 4.69) is 52.1 Å². The summed E-state index contributed by atoms with van der Waals surface area (Å²) in [5.74, 6) is 0. The summed E-state index contributed by atoms with van der Waals surface area (Å²) >= 11 is 3.53. The second-order valence-corrected chi connectivity index (χ2v) is 6.63. The molecule has 18 heavy (non-hydrogen) atoms. The van der Waals surface area contributed by atoms with E-state index in [4.69, 9.17) is 5.73 Å². The SMILES string of the molecule is CN(Cc1cccc(Br)c1)CC1(CN)CCCC1. The van der Waals surface area contributed by atoms with E-state index in [1.807, 2.05) is 0 Å². The molecule has 0 spiro atoms. The van der Waals surface area contributed by atoms with E-state index in [0.29, 0.717) is 5.41 Å². The summed E-state index contributed by atoms with van der Waals surface area (Å²) in [5, 5.41) is 0. The lowest BCUT2D eigenvalue weighted by molar-refractivity contribution is 0.179. The first-order valence-corrected chi connectivity index (χ1v) is 7.56. The third kappa shape index (κ3) is 3.56. The van der Waals surface area contributed by atoms with Crippen molar-refractivity contribution < 1.29 is 0 Å². The molecule has 0 radical (unpaired) electrons. The number of rotatable bonds is 5. The van der Waals surface area contributed by atoms with E-state index < -0.39 is 0 Å². The lowest BCUT2D eigenvalue weighted by atomic mass is 9.86. The summed E-state index contributed by atoms with van der Waals surface area (Å²) in [6.07, 6.45) is 5.29. The molecule has 2 N–H and O–H groups in total. The van der Waals surface area contributed by atoms with Crippen molar-refractivity contribution in [2.24, 2.45) is 11.1 Å². The smallest absolute Gasteiger partial charge is 0.0231 e. The van der Waals surface area contributed by atoms with Gasteiger partial charge in [-0.25, -0.2) is 0 Å². The number of benzene rings is 1. The van der Waals surface area contributed by atoms with Crippen LogP contribution in [0.3, 0.4) is 0 Å². The Hall–Kier alpha value is -0.380. The molecule has 0 aromatic heterocycles. The molecule has 1 saturated carbocycles. The summed E-state index contributed by atoms with van der Waals surface area (Å²) in [6.45, 7) is 2.95. The minimum atomic E-state index is 0.376. The summed E-state index contributed by atoms with van der Waals surface area (Å²) in [4.78, 5) is 2.42. The standard InChI is InChI=1S/C15H23BrN2/c1-18(10-13-5-4-6-14(16)9-13)12-15(11-17)7-2-3-8-15/h4-6,9H,2-3,7-8,10-12,17H2,1H3. The van der Waals surface area contributed by atoms with Crippen molar-refractivity contribution in [3.8, 4) is 0 Å². The highest BCUT2D eigenvalue weighted by Crippen LogP contribution is 2.37. The zero-order valence-corrected chi connectivity index (χ0v) is 12.7. The molecule has 2 rings (SSSR count). The number of hydrogen-bond donors (Lipinski definition) is 1. The first-order chi connectivity index (χ1) is 8.63. The molecule has 1 aliphatic carbocycles. The summed E-state index contributed by atoms with van der Waals surface area (Å²) in [7, 11) is 2.20. The number of hydrogen-bond acceptors (Lipinski definition) is 2. The van der Waals surface area contributed by atoms with Crippen molar-refractivity contribution in [1.82, 2.24) is 4.90 Å². The quantitative estimate of drug-likeness (QED) is 0.903. The average molecular weight is 311 g/mol. The molecule has 1 fully saturated rings. The molecule has 0 atom stereocenters. The number of nitrogens with zero attached hydrogens (tertiary/aromatic N) is 1. The highest BCUT2D eigenvalue weighted by molar-refractivity contribution is 9.10. The van der Waals surface area contributed by atoms with E-state index in [0.717, 1.165) is 24.1 Å². The maximum absolute atomic E-state index is 6.00. The van der Waals surface area contributed by atoms with Crippen LogP contribution in [0, 0.1) is 5.41 Å². The van der Waals surface area contributed by atoms with E-state index in [-0.39, 0.29) is 0 Å². The molecule has 1 aliphatic rings. The van der Waals surface area contributed by atoms with E-state index >= 15 is 0 Å². The normalized spacial score (nSPS) is 18.4. The Labute approximate surface area is 119 Å². The molecule has 0 heterocycles. The fourth-order valence-corrected chi connectivity index (χ4v) is 3.57. The van der Waals surface area contributed by atoms with Gasteiger partial charge >= 0.3 is 0 Å². The minimum absolute atomic E-state index is 0.376. The van der Waals surface area contributed by atoms with Gasteiger partial charge < -0.3 is 10.6 Å². The van der Waals surface area contributed by atoms with Crippen LogP contribution in [0.1, 0.15) is 31.2 Å². The Bertz CT molecular complexity index is 386. The van der Waals surface area contributed by atoms with Gasteiger partial charge in [-0.1, -0.05) is 40.9 Å². The van der Waals surface area contributed by atoms with E-state index in [1.54, 1.807) is 0 Å². The van der Waals surface area contributed by atoms with Crippen LogP contribution in [0.4, 0.5) is 0 Å². The average Bonchev–Trinajstić information content (AvgIpc) is 2.78. The predicted octanol–water partition coefficient (Wildman–Crippen LogP) is 3.40. The monoisotopic (exact) mass is 310 g/mol. The fourth-order valence-electron chi connectivity index (χ4n) is 3.13. The summed E-state index contributed by atoms with van der Waals surface area (Å²) < 4.78 is 1.16. The van der Waals surface area contributed by atoms with Gasteiger partial charge in [-0.05, 0) is 49.5 Å². The molecule has 3 heteroatoms. The second-order valence-electron chi connectivity index (χ2n) is 5.71. The predicted molar refractivity (Wildman–Crippen MR) is 80.4 cm³/mol. The Morgan fingerprint density at radius 2 is 2.06 bits per heavy atom. The van der Waals surface area contributed by atoms with E-state index in [9.17, 15) is 0 Å². The Kier molecular flexibility index (Phi) is 4.82. The molecule has 0 amide bonds. The van der Waals surface area contributed by atoms with Gasteiger partial charge in [0.15, 0.2) is 0 Å². The molecule has 0 aliphatic heterocycles. The van der Waals surface area contributed by atoms with Crippen molar-refractivity contribution in [3.05, 3.63) is 34.3 Å². The van der Waals surface area contributed by atoms with Gasteiger partial charge in [-0.15, -0.1) is 0 Å². The van der Waals surface area contributed by atoms with Crippen LogP contribution in [0.2, 0.25) is 0 Å². The Balaban J connectivity index is 1.93. The third-order valence-corrected chi connectivity index (χ3v) is 4.54. The molecule has 100 valence electrons. The summed E-state index contributed by atoms with van der Waals surface area (Å²) in [6, 6.07) is 8.55. The molecular weight excluding hydrogens is 288 g/mol. The molecule has 1 aromatic rings.